The lowest BCUT2D eigenvalue weighted by atomic mass is 9.95. The molecule has 3 unspecified atom stereocenters. The number of hydrogen-bond acceptors (Lipinski definition) is 3. The first-order valence-corrected chi connectivity index (χ1v) is 5.88. The molecule has 1 heterocycles. The van der Waals surface area contributed by atoms with Crippen LogP contribution >= 0.6 is 0 Å². The molecule has 0 aliphatic heterocycles. The van der Waals surface area contributed by atoms with Gasteiger partial charge in [0.2, 0.25) is 0 Å². The summed E-state index contributed by atoms with van der Waals surface area (Å²) in [4.78, 5) is 11.5. The summed E-state index contributed by atoms with van der Waals surface area (Å²) in [5.74, 6) is 1.79. The second kappa shape index (κ2) is 4.20. The van der Waals surface area contributed by atoms with Crippen molar-refractivity contribution in [2.45, 2.75) is 12.8 Å². The number of hydrogen-bond donors (Lipinski definition) is 1. The largest absolute Gasteiger partial charge is 0.459 e. The summed E-state index contributed by atoms with van der Waals surface area (Å²) >= 11 is 0. The van der Waals surface area contributed by atoms with Crippen LogP contribution in [-0.4, -0.2) is 12.1 Å². The van der Waals surface area contributed by atoms with Gasteiger partial charge in [-0.2, -0.15) is 5.10 Å². The minimum Gasteiger partial charge on any atom is -0.459 e. The standard InChI is InChI=1S/C13H14N2O2/c16-13(12-2-1-5-17-12)15-14-8-11-7-9-3-4-10(11)6-9/h1-5,8-11H,6-7H2,(H,15,16). The monoisotopic (exact) mass is 230 g/mol. The van der Waals surface area contributed by atoms with E-state index in [0.717, 1.165) is 12.3 Å². The zero-order valence-corrected chi connectivity index (χ0v) is 9.37. The quantitative estimate of drug-likeness (QED) is 0.491. The van der Waals surface area contributed by atoms with Gasteiger partial charge in [0.05, 0.1) is 6.26 Å². The van der Waals surface area contributed by atoms with E-state index in [1.54, 1.807) is 12.1 Å². The molecule has 2 aliphatic rings. The molecule has 3 atom stereocenters. The van der Waals surface area contributed by atoms with Crippen LogP contribution < -0.4 is 5.43 Å². The maximum atomic E-state index is 11.5. The Balaban J connectivity index is 1.55. The van der Waals surface area contributed by atoms with Crippen molar-refractivity contribution in [3.05, 3.63) is 36.3 Å². The Kier molecular flexibility index (Phi) is 2.55. The van der Waals surface area contributed by atoms with Gasteiger partial charge in [0.1, 0.15) is 0 Å². The van der Waals surface area contributed by atoms with Crippen LogP contribution in [-0.2, 0) is 0 Å². The topological polar surface area (TPSA) is 54.6 Å². The number of nitrogens with one attached hydrogen (secondary N) is 1. The zero-order chi connectivity index (χ0) is 11.7. The lowest BCUT2D eigenvalue weighted by Gasteiger charge is -2.11. The molecule has 2 bridgehead atoms. The van der Waals surface area contributed by atoms with Crippen molar-refractivity contribution in [2.75, 3.05) is 0 Å². The Bertz CT molecular complexity index is 462. The number of furan rings is 1. The van der Waals surface area contributed by atoms with E-state index in [4.69, 9.17) is 4.42 Å². The molecule has 1 fully saturated rings. The van der Waals surface area contributed by atoms with E-state index in [9.17, 15) is 4.79 Å². The number of hydrazone groups is 1. The van der Waals surface area contributed by atoms with E-state index < -0.39 is 0 Å². The molecular formula is C13H14N2O2. The maximum Gasteiger partial charge on any atom is 0.307 e. The van der Waals surface area contributed by atoms with Gasteiger partial charge in [-0.25, -0.2) is 5.43 Å². The van der Waals surface area contributed by atoms with E-state index >= 15 is 0 Å². The van der Waals surface area contributed by atoms with Crippen molar-refractivity contribution in [2.24, 2.45) is 22.9 Å². The smallest absolute Gasteiger partial charge is 0.307 e. The van der Waals surface area contributed by atoms with Crippen LogP contribution in [0.2, 0.25) is 0 Å². The van der Waals surface area contributed by atoms with Crippen LogP contribution in [0.3, 0.4) is 0 Å². The number of rotatable bonds is 3. The summed E-state index contributed by atoms with van der Waals surface area (Å²) < 4.78 is 4.97. The lowest BCUT2D eigenvalue weighted by molar-refractivity contribution is 0.0927. The van der Waals surface area contributed by atoms with Gasteiger partial charge in [-0.15, -0.1) is 0 Å². The van der Waals surface area contributed by atoms with Crippen molar-refractivity contribution in [1.82, 2.24) is 5.43 Å². The zero-order valence-electron chi connectivity index (χ0n) is 9.37. The van der Waals surface area contributed by atoms with Gasteiger partial charge < -0.3 is 4.42 Å². The Labute approximate surface area is 99.4 Å². The number of carbonyl (C=O) groups excluding carboxylic acids is 1. The molecule has 0 spiro atoms. The first-order valence-electron chi connectivity index (χ1n) is 5.88. The van der Waals surface area contributed by atoms with E-state index in [2.05, 4.69) is 22.7 Å². The van der Waals surface area contributed by atoms with Gasteiger partial charge >= 0.3 is 5.91 Å². The third kappa shape index (κ3) is 2.02. The molecule has 3 rings (SSSR count). The van der Waals surface area contributed by atoms with Crippen molar-refractivity contribution >= 4 is 12.1 Å². The van der Waals surface area contributed by atoms with Crippen LogP contribution in [0.25, 0.3) is 0 Å². The van der Waals surface area contributed by atoms with Gasteiger partial charge in [0.15, 0.2) is 5.76 Å². The van der Waals surface area contributed by atoms with Crippen LogP contribution in [0.1, 0.15) is 23.4 Å². The summed E-state index contributed by atoms with van der Waals surface area (Å²) in [6, 6.07) is 3.30. The van der Waals surface area contributed by atoms with Gasteiger partial charge in [-0.05, 0) is 36.8 Å². The highest BCUT2D eigenvalue weighted by Gasteiger charge is 2.34. The van der Waals surface area contributed by atoms with E-state index in [-0.39, 0.29) is 11.7 Å². The number of amides is 1. The molecule has 0 saturated heterocycles. The van der Waals surface area contributed by atoms with Gasteiger partial charge in [0.25, 0.3) is 0 Å². The van der Waals surface area contributed by atoms with Crippen molar-refractivity contribution in [1.29, 1.82) is 0 Å². The molecule has 4 nitrogen and oxygen atoms in total. The normalized spacial score (nSPS) is 30.2. The predicted molar refractivity (Wildman–Crippen MR) is 63.5 cm³/mol. The molecule has 88 valence electrons. The summed E-state index contributed by atoms with van der Waals surface area (Å²) in [5, 5.41) is 4.01. The number of allylic oxidation sites excluding steroid dienone is 2. The molecule has 1 aromatic rings. The second-order valence-corrected chi connectivity index (χ2v) is 4.64. The van der Waals surface area contributed by atoms with Crippen LogP contribution in [0.15, 0.2) is 40.1 Å². The van der Waals surface area contributed by atoms with Gasteiger partial charge in [-0.1, -0.05) is 12.2 Å². The summed E-state index contributed by atoms with van der Waals surface area (Å²) in [6.07, 6.45) is 10.3. The van der Waals surface area contributed by atoms with Gasteiger partial charge in [-0.3, -0.25) is 4.79 Å². The predicted octanol–water partition coefficient (Wildman–Crippen LogP) is 2.21. The first-order chi connectivity index (χ1) is 8.33. The maximum absolute atomic E-state index is 11.5. The van der Waals surface area contributed by atoms with Crippen molar-refractivity contribution in [3.8, 4) is 0 Å². The fourth-order valence-corrected chi connectivity index (χ4v) is 2.65. The molecule has 0 aromatic carbocycles. The Morgan fingerprint density at radius 1 is 1.47 bits per heavy atom. The Morgan fingerprint density at radius 2 is 2.41 bits per heavy atom. The molecular weight excluding hydrogens is 216 g/mol. The average Bonchev–Trinajstić information content (AvgIpc) is 3.06. The SMILES string of the molecule is O=C(NN=CC1CC2C=CC1C2)c1ccco1. The number of fused-ring (bicyclic) bond motifs is 2. The van der Waals surface area contributed by atoms with Crippen LogP contribution in [0, 0.1) is 17.8 Å². The molecule has 1 amide bonds. The van der Waals surface area contributed by atoms with E-state index in [0.29, 0.717) is 11.8 Å². The van der Waals surface area contributed by atoms with Crippen LogP contribution in [0.5, 0.6) is 0 Å². The lowest BCUT2D eigenvalue weighted by Crippen LogP contribution is -2.18. The van der Waals surface area contributed by atoms with Gasteiger partial charge in [0, 0.05) is 12.1 Å². The molecule has 0 radical (unpaired) electrons. The minimum absolute atomic E-state index is 0.287. The van der Waals surface area contributed by atoms with E-state index in [1.165, 1.54) is 12.7 Å². The van der Waals surface area contributed by atoms with Crippen molar-refractivity contribution < 1.29 is 9.21 Å². The summed E-state index contributed by atoms with van der Waals surface area (Å²) in [6.45, 7) is 0. The fourth-order valence-electron chi connectivity index (χ4n) is 2.65. The molecule has 1 aromatic heterocycles. The fraction of sp³-hybridized carbons (Fsp3) is 0.385. The number of carbonyl (C=O) groups is 1. The Morgan fingerprint density at radius 3 is 3.06 bits per heavy atom. The highest BCUT2D eigenvalue weighted by atomic mass is 16.3. The van der Waals surface area contributed by atoms with Crippen molar-refractivity contribution in [3.63, 3.8) is 0 Å². The molecule has 17 heavy (non-hydrogen) atoms. The molecule has 1 saturated carbocycles. The molecule has 1 N–H and O–H groups in total. The third-order valence-electron chi connectivity index (χ3n) is 3.51. The molecule has 4 heteroatoms. The minimum atomic E-state index is -0.301. The summed E-state index contributed by atoms with van der Waals surface area (Å²) in [7, 11) is 0. The number of nitrogens with zero attached hydrogens (tertiary/aromatic N) is 1. The third-order valence-corrected chi connectivity index (χ3v) is 3.51. The Hall–Kier alpha value is -1.84. The molecule has 2 aliphatic carbocycles. The van der Waals surface area contributed by atoms with Crippen LogP contribution in [0.4, 0.5) is 0 Å². The highest BCUT2D eigenvalue weighted by Crippen LogP contribution is 2.42. The average molecular weight is 230 g/mol. The first kappa shape index (κ1) is 10.3. The second-order valence-electron chi connectivity index (χ2n) is 4.64. The summed E-state index contributed by atoms with van der Waals surface area (Å²) in [5.41, 5.74) is 2.48. The highest BCUT2D eigenvalue weighted by molar-refractivity contribution is 5.91. The van der Waals surface area contributed by atoms with E-state index in [1.807, 2.05) is 6.21 Å².